The van der Waals surface area contributed by atoms with E-state index in [1.165, 1.54) is 10.4 Å². The van der Waals surface area contributed by atoms with Crippen LogP contribution in [-0.4, -0.2) is 5.78 Å². The van der Waals surface area contributed by atoms with Crippen molar-refractivity contribution >= 4 is 28.5 Å². The highest BCUT2D eigenvalue weighted by molar-refractivity contribution is 7.14. The number of ketones is 1. The largest absolute Gasteiger partial charge is 0.293 e. The van der Waals surface area contributed by atoms with E-state index in [1.54, 1.807) is 22.7 Å². The van der Waals surface area contributed by atoms with E-state index in [0.717, 1.165) is 9.75 Å². The molecular weight excluding hydrogens is 224 g/mol. The van der Waals surface area contributed by atoms with Crippen LogP contribution in [0.5, 0.6) is 0 Å². The van der Waals surface area contributed by atoms with Crippen LogP contribution in [0.25, 0.3) is 0 Å². The Morgan fingerprint density at radius 3 is 2.73 bits per heavy atom. The van der Waals surface area contributed by atoms with Gasteiger partial charge in [-0.05, 0) is 36.9 Å². The SMILES string of the molecule is Cc1cc(C(=O)Cc2cccs2)sc1C. The zero-order valence-corrected chi connectivity index (χ0v) is 10.4. The first-order chi connectivity index (χ1) is 7.16. The number of hydrogen-bond donors (Lipinski definition) is 0. The summed E-state index contributed by atoms with van der Waals surface area (Å²) < 4.78 is 0. The van der Waals surface area contributed by atoms with Crippen molar-refractivity contribution in [3.8, 4) is 0 Å². The summed E-state index contributed by atoms with van der Waals surface area (Å²) in [5, 5.41) is 2.01. The average molecular weight is 236 g/mol. The van der Waals surface area contributed by atoms with Crippen LogP contribution >= 0.6 is 22.7 Å². The smallest absolute Gasteiger partial charge is 0.177 e. The minimum absolute atomic E-state index is 0.235. The molecule has 0 fully saturated rings. The lowest BCUT2D eigenvalue weighted by Crippen LogP contribution is -1.98. The van der Waals surface area contributed by atoms with E-state index in [1.807, 2.05) is 30.5 Å². The molecule has 3 heteroatoms. The van der Waals surface area contributed by atoms with E-state index >= 15 is 0 Å². The highest BCUT2D eigenvalue weighted by Gasteiger charge is 2.11. The maximum atomic E-state index is 11.9. The van der Waals surface area contributed by atoms with Gasteiger partial charge in [-0.3, -0.25) is 4.79 Å². The summed E-state index contributed by atoms with van der Waals surface area (Å²) in [6.07, 6.45) is 0.539. The highest BCUT2D eigenvalue weighted by Crippen LogP contribution is 2.22. The maximum Gasteiger partial charge on any atom is 0.177 e. The number of thiophene rings is 2. The number of hydrogen-bond acceptors (Lipinski definition) is 3. The van der Waals surface area contributed by atoms with E-state index in [0.29, 0.717) is 6.42 Å². The number of rotatable bonds is 3. The van der Waals surface area contributed by atoms with Gasteiger partial charge in [0.05, 0.1) is 4.88 Å². The third-order valence-electron chi connectivity index (χ3n) is 2.36. The van der Waals surface area contributed by atoms with E-state index in [9.17, 15) is 4.79 Å². The number of carbonyl (C=O) groups is 1. The van der Waals surface area contributed by atoms with Crippen LogP contribution in [0.3, 0.4) is 0 Å². The Bertz CT molecular complexity index is 446. The van der Waals surface area contributed by atoms with Gasteiger partial charge in [0.1, 0.15) is 0 Å². The molecule has 0 aliphatic rings. The summed E-state index contributed by atoms with van der Waals surface area (Å²) in [7, 11) is 0. The Hall–Kier alpha value is -0.930. The molecule has 0 saturated heterocycles. The monoisotopic (exact) mass is 236 g/mol. The van der Waals surface area contributed by atoms with E-state index < -0.39 is 0 Å². The Balaban J connectivity index is 2.15. The van der Waals surface area contributed by atoms with Crippen LogP contribution in [0.1, 0.15) is 25.0 Å². The summed E-state index contributed by atoms with van der Waals surface area (Å²) in [5.74, 6) is 0.235. The molecular formula is C12H12OS2. The zero-order valence-electron chi connectivity index (χ0n) is 8.74. The molecule has 2 aromatic rings. The lowest BCUT2D eigenvalue weighted by Gasteiger charge is -1.93. The van der Waals surface area contributed by atoms with Crippen molar-refractivity contribution in [2.45, 2.75) is 20.3 Å². The second kappa shape index (κ2) is 4.29. The standard InChI is InChI=1S/C12H12OS2/c1-8-6-12(15-9(8)2)11(13)7-10-4-3-5-14-10/h3-6H,7H2,1-2H3. The van der Waals surface area contributed by atoms with Gasteiger partial charge in [-0.1, -0.05) is 6.07 Å². The molecule has 0 aliphatic heterocycles. The van der Waals surface area contributed by atoms with Gasteiger partial charge in [-0.25, -0.2) is 0 Å². The van der Waals surface area contributed by atoms with Crippen molar-refractivity contribution in [1.82, 2.24) is 0 Å². The van der Waals surface area contributed by atoms with Crippen molar-refractivity contribution in [3.05, 3.63) is 43.8 Å². The number of carbonyl (C=O) groups excluding carboxylic acids is 1. The quantitative estimate of drug-likeness (QED) is 0.740. The third kappa shape index (κ3) is 2.36. The van der Waals surface area contributed by atoms with Gasteiger partial charge >= 0.3 is 0 Å². The van der Waals surface area contributed by atoms with Crippen molar-refractivity contribution in [2.24, 2.45) is 0 Å². The molecule has 2 aromatic heterocycles. The molecule has 0 atom stereocenters. The predicted octanol–water partition coefficient (Wildman–Crippen LogP) is 3.85. The first-order valence-corrected chi connectivity index (χ1v) is 6.49. The van der Waals surface area contributed by atoms with Gasteiger partial charge in [-0.15, -0.1) is 22.7 Å². The maximum absolute atomic E-state index is 11.9. The Morgan fingerprint density at radius 1 is 1.40 bits per heavy atom. The number of aryl methyl sites for hydroxylation is 2. The fourth-order valence-electron chi connectivity index (χ4n) is 1.37. The van der Waals surface area contributed by atoms with Crippen molar-refractivity contribution in [1.29, 1.82) is 0 Å². The summed E-state index contributed by atoms with van der Waals surface area (Å²) in [5.41, 5.74) is 1.22. The van der Waals surface area contributed by atoms with Gasteiger partial charge in [-0.2, -0.15) is 0 Å². The molecule has 0 saturated carbocycles. The van der Waals surface area contributed by atoms with Crippen molar-refractivity contribution < 1.29 is 4.79 Å². The van der Waals surface area contributed by atoms with Gasteiger partial charge in [0.2, 0.25) is 0 Å². The molecule has 2 rings (SSSR count). The van der Waals surface area contributed by atoms with Crippen LogP contribution in [0.4, 0.5) is 0 Å². The highest BCUT2D eigenvalue weighted by atomic mass is 32.1. The second-order valence-corrected chi connectivity index (χ2v) is 5.82. The molecule has 0 bridgehead atoms. The molecule has 0 radical (unpaired) electrons. The summed E-state index contributed by atoms with van der Waals surface area (Å²) in [6.45, 7) is 4.11. The molecule has 0 amide bonds. The minimum Gasteiger partial charge on any atom is -0.293 e. The van der Waals surface area contributed by atoms with E-state index in [-0.39, 0.29) is 5.78 Å². The Morgan fingerprint density at radius 2 is 2.20 bits per heavy atom. The predicted molar refractivity (Wildman–Crippen MR) is 66.1 cm³/mol. The van der Waals surface area contributed by atoms with Gasteiger partial charge in [0.25, 0.3) is 0 Å². The summed E-state index contributed by atoms with van der Waals surface area (Å²) in [4.78, 5) is 15.2. The molecule has 78 valence electrons. The Labute approximate surface area is 97.4 Å². The molecule has 0 spiro atoms. The number of Topliss-reactive ketones (excluding diaryl/α,β-unsaturated/α-hetero) is 1. The topological polar surface area (TPSA) is 17.1 Å². The van der Waals surface area contributed by atoms with E-state index in [4.69, 9.17) is 0 Å². The van der Waals surface area contributed by atoms with Crippen molar-refractivity contribution in [3.63, 3.8) is 0 Å². The molecule has 0 unspecified atom stereocenters. The zero-order chi connectivity index (χ0) is 10.8. The molecule has 2 heterocycles. The lowest BCUT2D eigenvalue weighted by atomic mass is 10.2. The molecule has 1 nitrogen and oxygen atoms in total. The van der Waals surface area contributed by atoms with Crippen LogP contribution in [0, 0.1) is 13.8 Å². The van der Waals surface area contributed by atoms with Crippen molar-refractivity contribution in [2.75, 3.05) is 0 Å². The lowest BCUT2D eigenvalue weighted by molar-refractivity contribution is 0.0997. The molecule has 0 N–H and O–H groups in total. The second-order valence-electron chi connectivity index (χ2n) is 3.53. The fourth-order valence-corrected chi connectivity index (χ4v) is 3.04. The molecule has 0 aliphatic carbocycles. The Kier molecular flexibility index (Phi) is 3.03. The minimum atomic E-state index is 0.235. The van der Waals surface area contributed by atoms with Gasteiger partial charge in [0.15, 0.2) is 5.78 Å². The van der Waals surface area contributed by atoms with Crippen LogP contribution in [-0.2, 0) is 6.42 Å². The molecule has 15 heavy (non-hydrogen) atoms. The van der Waals surface area contributed by atoms with Crippen LogP contribution in [0.2, 0.25) is 0 Å². The van der Waals surface area contributed by atoms with E-state index in [2.05, 4.69) is 6.92 Å². The van der Waals surface area contributed by atoms with Crippen LogP contribution in [0.15, 0.2) is 23.6 Å². The first-order valence-electron chi connectivity index (χ1n) is 4.79. The third-order valence-corrected chi connectivity index (χ3v) is 4.43. The van der Waals surface area contributed by atoms with Gasteiger partial charge in [0, 0.05) is 16.2 Å². The fraction of sp³-hybridized carbons (Fsp3) is 0.250. The summed E-state index contributed by atoms with van der Waals surface area (Å²) in [6, 6.07) is 5.99. The average Bonchev–Trinajstić information content (AvgIpc) is 2.78. The first kappa shape index (κ1) is 10.6. The molecule has 0 aromatic carbocycles. The van der Waals surface area contributed by atoms with Gasteiger partial charge < -0.3 is 0 Å². The van der Waals surface area contributed by atoms with Crippen LogP contribution < -0.4 is 0 Å². The summed E-state index contributed by atoms with van der Waals surface area (Å²) >= 11 is 3.24. The normalized spacial score (nSPS) is 10.5.